The van der Waals surface area contributed by atoms with E-state index in [1.165, 1.54) is 11.3 Å². The molecule has 0 atom stereocenters. The lowest BCUT2D eigenvalue weighted by Crippen LogP contribution is -2.35. The fourth-order valence-electron chi connectivity index (χ4n) is 2.95. The van der Waals surface area contributed by atoms with Crippen molar-refractivity contribution in [3.63, 3.8) is 0 Å². The number of benzene rings is 1. The Kier molecular flexibility index (Phi) is 5.33. The second-order valence-electron chi connectivity index (χ2n) is 6.38. The van der Waals surface area contributed by atoms with E-state index in [2.05, 4.69) is 30.4 Å². The number of aromatic nitrogens is 4. The molecule has 4 rings (SSSR count). The minimum absolute atomic E-state index is 0.118. The molecule has 1 fully saturated rings. The number of carbonyl (C=O) groups excluding carboxylic acids is 1. The van der Waals surface area contributed by atoms with Gasteiger partial charge in [-0.25, -0.2) is 9.97 Å². The van der Waals surface area contributed by atoms with Gasteiger partial charge in [0, 0.05) is 36.8 Å². The largest absolute Gasteiger partial charge is 0.380 e. The first-order valence-electron chi connectivity index (χ1n) is 8.84. The zero-order valence-electron chi connectivity index (χ0n) is 15.0. The molecule has 3 heterocycles. The molecular formula is C18H20N6O2S. The van der Waals surface area contributed by atoms with Crippen molar-refractivity contribution in [3.05, 3.63) is 29.4 Å². The maximum Gasteiger partial charge on any atom is 0.240 e. The van der Waals surface area contributed by atoms with Crippen LogP contribution in [0.4, 0.5) is 5.95 Å². The molecule has 2 aromatic heterocycles. The van der Waals surface area contributed by atoms with Crippen LogP contribution >= 0.6 is 11.3 Å². The summed E-state index contributed by atoms with van der Waals surface area (Å²) in [6.07, 6.45) is 2.65. The van der Waals surface area contributed by atoms with Gasteiger partial charge >= 0.3 is 0 Å². The highest BCUT2D eigenvalue weighted by Crippen LogP contribution is 2.26. The Labute approximate surface area is 160 Å². The summed E-state index contributed by atoms with van der Waals surface area (Å²) in [5.41, 5.74) is 1.71. The quantitative estimate of drug-likeness (QED) is 0.736. The van der Waals surface area contributed by atoms with Crippen molar-refractivity contribution >= 4 is 34.1 Å². The van der Waals surface area contributed by atoms with Crippen molar-refractivity contribution < 1.29 is 9.53 Å². The van der Waals surface area contributed by atoms with E-state index >= 15 is 0 Å². The van der Waals surface area contributed by atoms with Gasteiger partial charge in [0.15, 0.2) is 0 Å². The van der Waals surface area contributed by atoms with Crippen LogP contribution in [0.3, 0.4) is 0 Å². The lowest BCUT2D eigenvalue weighted by Gasteiger charge is -2.17. The number of nitrogens with one attached hydrogen (secondary N) is 1. The van der Waals surface area contributed by atoms with Crippen LogP contribution in [0, 0.1) is 6.92 Å². The summed E-state index contributed by atoms with van der Waals surface area (Å²) < 4.78 is 5.42. The maximum atomic E-state index is 12.3. The lowest BCUT2D eigenvalue weighted by molar-refractivity contribution is -0.117. The molecule has 27 heavy (non-hydrogen) atoms. The van der Waals surface area contributed by atoms with E-state index < -0.39 is 0 Å². The monoisotopic (exact) mass is 384 g/mol. The average molecular weight is 384 g/mol. The smallest absolute Gasteiger partial charge is 0.240 e. The first-order valence-corrected chi connectivity index (χ1v) is 9.66. The third-order valence-corrected chi connectivity index (χ3v) is 5.18. The van der Waals surface area contributed by atoms with E-state index in [0.29, 0.717) is 19.1 Å². The van der Waals surface area contributed by atoms with Crippen molar-refractivity contribution in [2.75, 3.05) is 38.2 Å². The maximum absolute atomic E-state index is 12.3. The van der Waals surface area contributed by atoms with Gasteiger partial charge in [-0.2, -0.15) is 0 Å². The molecule has 3 aromatic rings. The molecule has 0 bridgehead atoms. The van der Waals surface area contributed by atoms with Crippen LogP contribution in [0.25, 0.3) is 21.5 Å². The molecule has 0 saturated carbocycles. The van der Waals surface area contributed by atoms with Crippen LogP contribution in [-0.2, 0) is 9.53 Å². The van der Waals surface area contributed by atoms with Crippen LogP contribution in [0.2, 0.25) is 0 Å². The van der Waals surface area contributed by atoms with E-state index in [1.54, 1.807) is 6.20 Å². The number of anilines is 1. The Bertz CT molecular complexity index is 952. The van der Waals surface area contributed by atoms with Crippen LogP contribution in [0.5, 0.6) is 0 Å². The summed E-state index contributed by atoms with van der Waals surface area (Å²) in [6, 6.07) is 5.87. The van der Waals surface area contributed by atoms with Crippen molar-refractivity contribution in [2.45, 2.75) is 13.3 Å². The molecule has 1 aromatic carbocycles. The molecule has 0 unspecified atom stereocenters. The van der Waals surface area contributed by atoms with E-state index in [-0.39, 0.29) is 5.91 Å². The Hall–Kier alpha value is -2.49. The SMILES string of the molecule is Cc1nnc(-c2ccc3cnc(NC(=O)CN4CCCOCC4)nc3c2)s1. The first kappa shape index (κ1) is 17.9. The number of carbonyl (C=O) groups is 1. The summed E-state index contributed by atoms with van der Waals surface area (Å²) in [6.45, 7) is 5.27. The molecular weight excluding hydrogens is 364 g/mol. The molecule has 0 aliphatic carbocycles. The molecule has 9 heteroatoms. The third kappa shape index (κ3) is 4.44. The molecule has 0 spiro atoms. The van der Waals surface area contributed by atoms with Crippen LogP contribution in [0.15, 0.2) is 24.4 Å². The third-order valence-electron chi connectivity index (χ3n) is 4.29. The molecule has 1 aliphatic heterocycles. The van der Waals surface area contributed by atoms with Crippen LogP contribution in [-0.4, -0.2) is 63.8 Å². The van der Waals surface area contributed by atoms with Gasteiger partial charge in [-0.05, 0) is 19.4 Å². The van der Waals surface area contributed by atoms with Crippen LogP contribution < -0.4 is 5.32 Å². The van der Waals surface area contributed by atoms with Gasteiger partial charge in [0.25, 0.3) is 0 Å². The first-order chi connectivity index (χ1) is 13.2. The predicted molar refractivity (Wildman–Crippen MR) is 104 cm³/mol. The van der Waals surface area contributed by atoms with Gasteiger partial charge in [0.05, 0.1) is 18.7 Å². The molecule has 1 saturated heterocycles. The molecule has 8 nitrogen and oxygen atoms in total. The molecule has 1 N–H and O–H groups in total. The molecule has 140 valence electrons. The van der Waals surface area contributed by atoms with Gasteiger partial charge in [0.2, 0.25) is 11.9 Å². The number of amides is 1. The average Bonchev–Trinajstić information content (AvgIpc) is 2.93. The van der Waals surface area contributed by atoms with Crippen molar-refractivity contribution in [2.24, 2.45) is 0 Å². The molecule has 1 amide bonds. The zero-order chi connectivity index (χ0) is 18.6. The zero-order valence-corrected chi connectivity index (χ0v) is 15.8. The number of hydrogen-bond donors (Lipinski definition) is 1. The Balaban J connectivity index is 1.49. The van der Waals surface area contributed by atoms with Gasteiger partial charge in [-0.15, -0.1) is 10.2 Å². The summed E-state index contributed by atoms with van der Waals surface area (Å²) >= 11 is 1.53. The number of rotatable bonds is 4. The number of nitrogens with zero attached hydrogens (tertiary/aromatic N) is 5. The van der Waals surface area contributed by atoms with Crippen molar-refractivity contribution in [3.8, 4) is 10.6 Å². The Morgan fingerprint density at radius 3 is 3.07 bits per heavy atom. The molecule has 0 radical (unpaired) electrons. The van der Waals surface area contributed by atoms with Gasteiger partial charge < -0.3 is 4.74 Å². The van der Waals surface area contributed by atoms with Gasteiger partial charge in [-0.3, -0.25) is 15.0 Å². The number of ether oxygens (including phenoxy) is 1. The minimum Gasteiger partial charge on any atom is -0.380 e. The minimum atomic E-state index is -0.118. The fraction of sp³-hybridized carbons (Fsp3) is 0.389. The lowest BCUT2D eigenvalue weighted by atomic mass is 10.1. The van der Waals surface area contributed by atoms with Crippen molar-refractivity contribution in [1.29, 1.82) is 0 Å². The van der Waals surface area contributed by atoms with Gasteiger partial charge in [0.1, 0.15) is 10.0 Å². The van der Waals surface area contributed by atoms with Crippen LogP contribution in [0.1, 0.15) is 11.4 Å². The van der Waals surface area contributed by atoms with E-state index in [0.717, 1.165) is 52.6 Å². The Morgan fingerprint density at radius 1 is 1.30 bits per heavy atom. The van der Waals surface area contributed by atoms with E-state index in [4.69, 9.17) is 4.74 Å². The fourth-order valence-corrected chi connectivity index (χ4v) is 3.64. The number of aryl methyl sites for hydroxylation is 1. The van der Waals surface area contributed by atoms with E-state index in [1.807, 2.05) is 25.1 Å². The summed E-state index contributed by atoms with van der Waals surface area (Å²) in [5, 5.41) is 13.7. The summed E-state index contributed by atoms with van der Waals surface area (Å²) in [7, 11) is 0. The van der Waals surface area contributed by atoms with E-state index in [9.17, 15) is 4.79 Å². The highest BCUT2D eigenvalue weighted by atomic mass is 32.1. The topological polar surface area (TPSA) is 93.1 Å². The highest BCUT2D eigenvalue weighted by Gasteiger charge is 2.14. The standard InChI is InChI=1S/C18H20N6O2S/c1-12-22-23-17(27-12)13-3-4-14-10-19-18(20-15(14)9-13)21-16(25)11-24-5-2-7-26-8-6-24/h3-4,9-10H,2,5-8,11H2,1H3,(H,19,20,21,25). The number of hydrogen-bond acceptors (Lipinski definition) is 8. The van der Waals surface area contributed by atoms with Gasteiger partial charge in [-0.1, -0.05) is 23.5 Å². The number of fused-ring (bicyclic) bond motifs is 1. The normalized spacial score (nSPS) is 15.6. The summed E-state index contributed by atoms with van der Waals surface area (Å²) in [5.74, 6) is 0.191. The van der Waals surface area contributed by atoms with Crippen molar-refractivity contribution in [1.82, 2.24) is 25.1 Å². The second kappa shape index (κ2) is 8.03. The second-order valence-corrected chi connectivity index (χ2v) is 7.57. The molecule has 1 aliphatic rings. The Morgan fingerprint density at radius 2 is 2.22 bits per heavy atom. The summed E-state index contributed by atoms with van der Waals surface area (Å²) in [4.78, 5) is 23.2. The predicted octanol–water partition coefficient (Wildman–Crippen LogP) is 2.12. The highest BCUT2D eigenvalue weighted by molar-refractivity contribution is 7.14.